The minimum absolute atomic E-state index is 0.183. The van der Waals surface area contributed by atoms with E-state index < -0.39 is 10.8 Å². The van der Waals surface area contributed by atoms with Gasteiger partial charge in [0.25, 0.3) is 0 Å². The highest BCUT2D eigenvalue weighted by Gasteiger charge is 2.30. The van der Waals surface area contributed by atoms with Crippen LogP contribution in [0.1, 0.15) is 33.6 Å². The van der Waals surface area contributed by atoms with Crippen molar-refractivity contribution in [2.24, 2.45) is 5.92 Å². The molecule has 0 spiro atoms. The number of ether oxygens (including phenoxy) is 1. The van der Waals surface area contributed by atoms with Crippen LogP contribution in [0.15, 0.2) is 0 Å². The van der Waals surface area contributed by atoms with Crippen LogP contribution in [0.5, 0.6) is 0 Å². The number of nitrogens with one attached hydrogen (secondary N) is 1. The molecule has 1 saturated heterocycles. The predicted molar refractivity (Wildman–Crippen MR) is 69.2 cm³/mol. The van der Waals surface area contributed by atoms with Gasteiger partial charge in [0.2, 0.25) is 0 Å². The topological polar surface area (TPSA) is 38.3 Å². The molecule has 4 heteroatoms. The molecule has 0 aliphatic carbocycles. The second-order valence-electron chi connectivity index (χ2n) is 4.90. The van der Waals surface area contributed by atoms with Crippen LogP contribution in [-0.4, -0.2) is 41.0 Å². The highest BCUT2D eigenvalue weighted by atomic mass is 32.2. The summed E-state index contributed by atoms with van der Waals surface area (Å²) in [7, 11) is -0.758. The van der Waals surface area contributed by atoms with E-state index >= 15 is 0 Å². The van der Waals surface area contributed by atoms with Crippen LogP contribution in [0.25, 0.3) is 0 Å². The Morgan fingerprint density at radius 3 is 2.88 bits per heavy atom. The lowest BCUT2D eigenvalue weighted by atomic mass is 10.1. The average molecular weight is 247 g/mol. The Morgan fingerprint density at radius 1 is 1.50 bits per heavy atom. The molecule has 16 heavy (non-hydrogen) atoms. The third kappa shape index (κ3) is 4.52. The highest BCUT2D eigenvalue weighted by Crippen LogP contribution is 2.15. The van der Waals surface area contributed by atoms with Gasteiger partial charge in [-0.1, -0.05) is 20.8 Å². The summed E-state index contributed by atoms with van der Waals surface area (Å²) in [5.74, 6) is 1.28. The Morgan fingerprint density at radius 2 is 2.25 bits per heavy atom. The molecule has 0 bridgehead atoms. The number of hydrogen-bond acceptors (Lipinski definition) is 3. The van der Waals surface area contributed by atoms with Gasteiger partial charge in [0.15, 0.2) is 0 Å². The maximum Gasteiger partial charge on any atom is 0.0735 e. The van der Waals surface area contributed by atoms with Gasteiger partial charge in [-0.05, 0) is 25.3 Å². The van der Waals surface area contributed by atoms with Crippen LogP contribution in [0.4, 0.5) is 0 Å². The van der Waals surface area contributed by atoms with Crippen LogP contribution in [-0.2, 0) is 15.5 Å². The van der Waals surface area contributed by atoms with E-state index in [0.717, 1.165) is 31.7 Å². The van der Waals surface area contributed by atoms with Crippen LogP contribution in [0.3, 0.4) is 0 Å². The Labute approximate surface area is 102 Å². The first kappa shape index (κ1) is 14.1. The van der Waals surface area contributed by atoms with E-state index in [-0.39, 0.29) is 5.25 Å². The Bertz CT molecular complexity index is 221. The van der Waals surface area contributed by atoms with Crippen molar-refractivity contribution in [1.29, 1.82) is 0 Å². The maximum atomic E-state index is 12.2. The third-order valence-corrected chi connectivity index (χ3v) is 4.93. The van der Waals surface area contributed by atoms with Gasteiger partial charge < -0.3 is 10.1 Å². The summed E-state index contributed by atoms with van der Waals surface area (Å²) in [6, 6.07) is 0.383. The second kappa shape index (κ2) is 7.41. The molecule has 1 aliphatic heterocycles. The summed E-state index contributed by atoms with van der Waals surface area (Å²) in [4.78, 5) is 0. The first-order valence-corrected chi connectivity index (χ1v) is 7.71. The van der Waals surface area contributed by atoms with Crippen molar-refractivity contribution in [2.45, 2.75) is 44.9 Å². The Kier molecular flexibility index (Phi) is 6.54. The molecule has 3 unspecified atom stereocenters. The molecule has 0 radical (unpaired) electrons. The van der Waals surface area contributed by atoms with Gasteiger partial charge >= 0.3 is 0 Å². The van der Waals surface area contributed by atoms with Crippen molar-refractivity contribution in [3.8, 4) is 0 Å². The summed E-state index contributed by atoms with van der Waals surface area (Å²) in [5, 5.41) is 3.69. The zero-order valence-electron chi connectivity index (χ0n) is 10.7. The number of hydrogen-bond donors (Lipinski definition) is 1. The van der Waals surface area contributed by atoms with Gasteiger partial charge in [-0.25, -0.2) is 0 Å². The summed E-state index contributed by atoms with van der Waals surface area (Å²) >= 11 is 0. The average Bonchev–Trinajstić information content (AvgIpc) is 2.25. The van der Waals surface area contributed by atoms with Crippen molar-refractivity contribution in [3.63, 3.8) is 0 Å². The van der Waals surface area contributed by atoms with Crippen LogP contribution in [0, 0.1) is 5.92 Å². The third-order valence-electron chi connectivity index (χ3n) is 2.80. The smallest absolute Gasteiger partial charge is 0.0735 e. The van der Waals surface area contributed by atoms with E-state index in [4.69, 9.17) is 4.74 Å². The summed E-state index contributed by atoms with van der Waals surface area (Å²) in [6.07, 6.45) is 2.12. The monoisotopic (exact) mass is 247 g/mol. The van der Waals surface area contributed by atoms with E-state index in [1.807, 2.05) is 0 Å². The highest BCUT2D eigenvalue weighted by molar-refractivity contribution is 7.85. The van der Waals surface area contributed by atoms with Gasteiger partial charge in [0, 0.05) is 29.2 Å². The van der Waals surface area contributed by atoms with Crippen molar-refractivity contribution in [1.82, 2.24) is 5.32 Å². The molecule has 0 aromatic heterocycles. The molecule has 3 atom stereocenters. The van der Waals surface area contributed by atoms with Crippen LogP contribution >= 0.6 is 0 Å². The van der Waals surface area contributed by atoms with E-state index in [9.17, 15) is 4.21 Å². The van der Waals surface area contributed by atoms with Gasteiger partial charge in [0.05, 0.1) is 11.9 Å². The minimum atomic E-state index is -0.758. The predicted octanol–water partition coefficient (Wildman–Crippen LogP) is 1.55. The fourth-order valence-electron chi connectivity index (χ4n) is 1.99. The summed E-state index contributed by atoms with van der Waals surface area (Å²) < 4.78 is 17.6. The van der Waals surface area contributed by atoms with E-state index in [1.54, 1.807) is 0 Å². The fourth-order valence-corrected chi connectivity index (χ4v) is 3.74. The standard InChI is InChI=1S/C12H25NO2S/c1-4-6-13-11-5-7-15-8-12(11)16(14)9-10(2)3/h10-13H,4-9H2,1-3H3. The molecular formula is C12H25NO2S. The lowest BCUT2D eigenvalue weighted by molar-refractivity contribution is 0.0820. The molecule has 0 saturated carbocycles. The molecular weight excluding hydrogens is 222 g/mol. The Hall–Kier alpha value is 0.0700. The molecule has 1 fully saturated rings. The van der Waals surface area contributed by atoms with Gasteiger partial charge in [-0.15, -0.1) is 0 Å². The number of rotatable bonds is 6. The van der Waals surface area contributed by atoms with Crippen molar-refractivity contribution < 1.29 is 8.95 Å². The molecule has 1 N–H and O–H groups in total. The van der Waals surface area contributed by atoms with E-state index in [1.165, 1.54) is 0 Å². The molecule has 3 nitrogen and oxygen atoms in total. The van der Waals surface area contributed by atoms with Crippen molar-refractivity contribution >= 4 is 10.8 Å². The second-order valence-corrected chi connectivity index (χ2v) is 6.60. The van der Waals surface area contributed by atoms with Gasteiger partial charge in [0.1, 0.15) is 0 Å². The molecule has 0 aromatic carbocycles. The molecule has 1 rings (SSSR count). The normalized spacial score (nSPS) is 28.2. The molecule has 0 aromatic rings. The van der Waals surface area contributed by atoms with Gasteiger partial charge in [-0.2, -0.15) is 0 Å². The van der Waals surface area contributed by atoms with E-state index in [2.05, 4.69) is 26.1 Å². The minimum Gasteiger partial charge on any atom is -0.380 e. The quantitative estimate of drug-likeness (QED) is 0.774. The van der Waals surface area contributed by atoms with E-state index in [0.29, 0.717) is 18.6 Å². The summed E-state index contributed by atoms with van der Waals surface area (Å²) in [5.41, 5.74) is 0. The summed E-state index contributed by atoms with van der Waals surface area (Å²) in [6.45, 7) is 8.87. The fraction of sp³-hybridized carbons (Fsp3) is 1.00. The van der Waals surface area contributed by atoms with Crippen molar-refractivity contribution in [2.75, 3.05) is 25.5 Å². The molecule has 0 amide bonds. The maximum absolute atomic E-state index is 12.2. The molecule has 1 heterocycles. The lowest BCUT2D eigenvalue weighted by Gasteiger charge is -2.32. The van der Waals surface area contributed by atoms with Gasteiger partial charge in [-0.3, -0.25) is 4.21 Å². The first-order valence-electron chi connectivity index (χ1n) is 6.33. The van der Waals surface area contributed by atoms with Crippen LogP contribution < -0.4 is 5.32 Å². The lowest BCUT2D eigenvalue weighted by Crippen LogP contribution is -2.49. The zero-order valence-corrected chi connectivity index (χ0v) is 11.5. The molecule has 1 aliphatic rings. The first-order chi connectivity index (χ1) is 7.65. The SMILES string of the molecule is CCCNC1CCOCC1S(=O)CC(C)C. The molecule has 96 valence electrons. The largest absolute Gasteiger partial charge is 0.380 e. The zero-order chi connectivity index (χ0) is 12.0. The van der Waals surface area contributed by atoms with Crippen molar-refractivity contribution in [3.05, 3.63) is 0 Å². The Balaban J connectivity index is 2.48. The van der Waals surface area contributed by atoms with Crippen LogP contribution in [0.2, 0.25) is 0 Å².